The molecule has 0 amide bonds. The van der Waals surface area contributed by atoms with Crippen molar-refractivity contribution in [2.45, 2.75) is 82.0 Å². The first kappa shape index (κ1) is 25.7. The number of aromatic nitrogens is 3. The summed E-state index contributed by atoms with van der Waals surface area (Å²) in [5.74, 6) is -3.04. The highest BCUT2D eigenvalue weighted by molar-refractivity contribution is 5.65. The minimum Gasteiger partial charge on any atom is -0.382 e. The Balaban J connectivity index is 1.36. The summed E-state index contributed by atoms with van der Waals surface area (Å²) in [5.41, 5.74) is 7.56. The number of alkyl halides is 2. The fourth-order valence-corrected chi connectivity index (χ4v) is 5.83. The molecule has 0 unspecified atom stereocenters. The molecule has 2 aromatic rings. The van der Waals surface area contributed by atoms with Gasteiger partial charge < -0.3 is 24.8 Å². The van der Waals surface area contributed by atoms with E-state index in [2.05, 4.69) is 19.9 Å². The zero-order valence-corrected chi connectivity index (χ0v) is 21.4. The largest absolute Gasteiger partial charge is 0.382 e. The third kappa shape index (κ3) is 5.50. The number of hydrogen-bond acceptors (Lipinski definition) is 8. The van der Waals surface area contributed by atoms with Gasteiger partial charge in [-0.2, -0.15) is 5.10 Å². The number of anilines is 1. The smallest absolute Gasteiger partial charge is 0.250 e. The first-order valence-electron chi connectivity index (χ1n) is 12.9. The number of methoxy groups -OCH3 is 1. The lowest BCUT2D eigenvalue weighted by atomic mass is 9.97. The van der Waals surface area contributed by atoms with Crippen LogP contribution in [-0.2, 0) is 14.2 Å². The van der Waals surface area contributed by atoms with Crippen LogP contribution in [0.15, 0.2) is 18.5 Å². The number of hydrogen-bond donors (Lipinski definition) is 1. The van der Waals surface area contributed by atoms with E-state index in [1.807, 2.05) is 26.0 Å². The lowest BCUT2D eigenvalue weighted by molar-refractivity contribution is -0.231. The van der Waals surface area contributed by atoms with E-state index in [1.165, 1.54) is 6.33 Å². The highest BCUT2D eigenvalue weighted by Gasteiger charge is 2.45. The Hall–Kier alpha value is -1.92. The van der Waals surface area contributed by atoms with Crippen LogP contribution in [0.25, 0.3) is 5.52 Å². The number of nitrogen functional groups attached to an aromatic ring is 1. The van der Waals surface area contributed by atoms with E-state index in [-0.39, 0.29) is 31.1 Å². The molecule has 2 aromatic heterocycles. The zero-order chi connectivity index (χ0) is 25.5. The Kier molecular flexibility index (Phi) is 7.21. The average molecular weight is 509 g/mol. The molecule has 11 heteroatoms. The molecule has 3 fully saturated rings. The van der Waals surface area contributed by atoms with Gasteiger partial charge in [-0.3, -0.25) is 4.90 Å². The molecular formula is C25H38F2N6O3. The van der Waals surface area contributed by atoms with Gasteiger partial charge in [0.1, 0.15) is 17.9 Å². The van der Waals surface area contributed by atoms with Gasteiger partial charge in [-0.05, 0) is 51.9 Å². The number of fused-ring (bicyclic) bond motifs is 1. The van der Waals surface area contributed by atoms with Gasteiger partial charge in [-0.1, -0.05) is 0 Å². The molecule has 4 atom stereocenters. The zero-order valence-electron chi connectivity index (χ0n) is 21.4. The molecular weight excluding hydrogens is 470 g/mol. The summed E-state index contributed by atoms with van der Waals surface area (Å²) < 4.78 is 49.0. The number of likely N-dealkylation sites (tertiary alicyclic amines) is 2. The quantitative estimate of drug-likeness (QED) is 0.544. The molecule has 5 rings (SSSR count). The fraction of sp³-hybridized carbons (Fsp3) is 0.760. The molecule has 36 heavy (non-hydrogen) atoms. The van der Waals surface area contributed by atoms with Gasteiger partial charge >= 0.3 is 0 Å². The van der Waals surface area contributed by atoms with Crippen molar-refractivity contribution in [1.29, 1.82) is 0 Å². The van der Waals surface area contributed by atoms with Crippen LogP contribution >= 0.6 is 0 Å². The SMILES string of the molecule is COC(C)(C)O[C@@H]1C[C@@H](CN2CCC(F)(F)C[C@H]2CN2CCCC2)O[C@H]1c1ccc2c(N)ncnn12. The van der Waals surface area contributed by atoms with Gasteiger partial charge in [-0.25, -0.2) is 18.3 Å². The van der Waals surface area contributed by atoms with Crippen LogP contribution in [0.2, 0.25) is 0 Å². The second-order valence-electron chi connectivity index (χ2n) is 10.8. The van der Waals surface area contributed by atoms with Crippen LogP contribution in [0.1, 0.15) is 57.7 Å². The van der Waals surface area contributed by atoms with E-state index < -0.39 is 17.8 Å². The minimum atomic E-state index is -2.61. The summed E-state index contributed by atoms with van der Waals surface area (Å²) in [5, 5.41) is 4.38. The van der Waals surface area contributed by atoms with Crippen LogP contribution < -0.4 is 5.73 Å². The van der Waals surface area contributed by atoms with Crippen molar-refractivity contribution in [2.75, 3.05) is 45.6 Å². The molecule has 0 radical (unpaired) electrons. The molecule has 2 N–H and O–H groups in total. The van der Waals surface area contributed by atoms with E-state index in [1.54, 1.807) is 11.6 Å². The van der Waals surface area contributed by atoms with E-state index in [0.29, 0.717) is 37.4 Å². The van der Waals surface area contributed by atoms with Crippen molar-refractivity contribution in [3.8, 4) is 0 Å². The molecule has 3 saturated heterocycles. The Morgan fingerprint density at radius 1 is 1.19 bits per heavy atom. The number of halogens is 2. The highest BCUT2D eigenvalue weighted by Crippen LogP contribution is 2.40. The maximum Gasteiger partial charge on any atom is 0.250 e. The monoisotopic (exact) mass is 508 g/mol. The van der Waals surface area contributed by atoms with E-state index in [9.17, 15) is 8.78 Å². The summed E-state index contributed by atoms with van der Waals surface area (Å²) in [6, 6.07) is 3.62. The fourth-order valence-electron chi connectivity index (χ4n) is 5.83. The van der Waals surface area contributed by atoms with E-state index in [4.69, 9.17) is 19.9 Å². The van der Waals surface area contributed by atoms with Crippen LogP contribution in [0.3, 0.4) is 0 Å². The number of rotatable bonds is 8. The van der Waals surface area contributed by atoms with E-state index >= 15 is 0 Å². The van der Waals surface area contributed by atoms with Crippen molar-refractivity contribution >= 4 is 11.3 Å². The van der Waals surface area contributed by atoms with Gasteiger partial charge in [0.05, 0.1) is 17.9 Å². The van der Waals surface area contributed by atoms with Crippen molar-refractivity contribution in [1.82, 2.24) is 24.4 Å². The van der Waals surface area contributed by atoms with Crippen molar-refractivity contribution in [3.05, 3.63) is 24.2 Å². The molecule has 5 heterocycles. The van der Waals surface area contributed by atoms with Gasteiger partial charge in [0.25, 0.3) is 5.92 Å². The van der Waals surface area contributed by atoms with Crippen molar-refractivity contribution in [2.24, 2.45) is 0 Å². The number of nitrogens with zero attached hydrogens (tertiary/aromatic N) is 5. The number of nitrogens with two attached hydrogens (primary N) is 1. The molecule has 0 bridgehead atoms. The summed E-state index contributed by atoms with van der Waals surface area (Å²) in [7, 11) is 1.61. The lowest BCUT2D eigenvalue weighted by Gasteiger charge is -2.41. The van der Waals surface area contributed by atoms with Crippen LogP contribution in [0, 0.1) is 0 Å². The number of piperidine rings is 1. The number of ether oxygens (including phenoxy) is 3. The Morgan fingerprint density at radius 3 is 2.72 bits per heavy atom. The average Bonchev–Trinajstić information content (AvgIpc) is 3.56. The second kappa shape index (κ2) is 10.1. The first-order valence-corrected chi connectivity index (χ1v) is 12.9. The van der Waals surface area contributed by atoms with Crippen LogP contribution in [-0.4, -0.2) is 94.2 Å². The Bertz CT molecular complexity index is 1040. The molecule has 3 aliphatic rings. The first-order chi connectivity index (χ1) is 17.1. The Morgan fingerprint density at radius 2 is 1.97 bits per heavy atom. The summed E-state index contributed by atoms with van der Waals surface area (Å²) >= 11 is 0. The topological polar surface area (TPSA) is 90.4 Å². The maximum absolute atomic E-state index is 14.4. The molecule has 0 saturated carbocycles. The van der Waals surface area contributed by atoms with Crippen LogP contribution in [0.5, 0.6) is 0 Å². The predicted molar refractivity (Wildman–Crippen MR) is 131 cm³/mol. The maximum atomic E-state index is 14.4. The lowest BCUT2D eigenvalue weighted by Crippen LogP contribution is -2.53. The van der Waals surface area contributed by atoms with E-state index in [0.717, 1.165) is 31.6 Å². The molecule has 9 nitrogen and oxygen atoms in total. The molecule has 3 aliphatic heterocycles. The van der Waals surface area contributed by atoms with Crippen LogP contribution in [0.4, 0.5) is 14.6 Å². The third-order valence-corrected chi connectivity index (χ3v) is 7.82. The molecule has 0 spiro atoms. The van der Waals surface area contributed by atoms with Crippen molar-refractivity contribution < 1.29 is 23.0 Å². The standard InChI is InChI=1S/C25H38F2N6O3/c1-24(2,34-3)36-21-12-18(35-22(21)19-6-7-20-23(28)29-16-30-33(19)20)15-32-11-8-25(26,27)13-17(32)14-31-9-4-5-10-31/h6-7,16-18,21-22H,4-5,8-15H2,1-3H3,(H2,28,29,30)/t17-,18-,21+,22-/m0/s1. The van der Waals surface area contributed by atoms with Gasteiger partial charge in [0.15, 0.2) is 11.6 Å². The molecule has 200 valence electrons. The minimum absolute atomic E-state index is 0.101. The normalized spacial score (nSPS) is 29.9. The highest BCUT2D eigenvalue weighted by atomic mass is 19.3. The second-order valence-corrected chi connectivity index (χ2v) is 10.8. The van der Waals surface area contributed by atoms with Gasteiger partial charge in [0, 0.05) is 52.0 Å². The van der Waals surface area contributed by atoms with Crippen molar-refractivity contribution in [3.63, 3.8) is 0 Å². The Labute approximate surface area is 210 Å². The molecule has 0 aliphatic carbocycles. The summed E-state index contributed by atoms with van der Waals surface area (Å²) in [6.07, 6.45) is 3.22. The van der Waals surface area contributed by atoms with Gasteiger partial charge in [-0.15, -0.1) is 0 Å². The third-order valence-electron chi connectivity index (χ3n) is 7.82. The predicted octanol–water partition coefficient (Wildman–Crippen LogP) is 3.10. The van der Waals surface area contributed by atoms with Gasteiger partial charge in [0.2, 0.25) is 0 Å². The summed E-state index contributed by atoms with van der Waals surface area (Å²) in [6.45, 7) is 7.35. The summed E-state index contributed by atoms with van der Waals surface area (Å²) in [4.78, 5) is 8.60. The molecule has 0 aromatic carbocycles.